The van der Waals surface area contributed by atoms with Gasteiger partial charge in [0.05, 0.1) is 17.7 Å². The number of carbonyl (C=O) groups is 2. The number of ketones is 1. The molecule has 3 rings (SSSR count). The molecule has 2 aromatic carbocycles. The third-order valence-corrected chi connectivity index (χ3v) is 4.08. The fourth-order valence-corrected chi connectivity index (χ4v) is 2.95. The van der Waals surface area contributed by atoms with Gasteiger partial charge in [0.2, 0.25) is 0 Å². The molecule has 0 atom stereocenters. The normalized spacial score (nSPS) is 13.7. The minimum atomic E-state index is -5.01. The van der Waals surface area contributed by atoms with Gasteiger partial charge in [0.1, 0.15) is 11.6 Å². The van der Waals surface area contributed by atoms with Crippen molar-refractivity contribution in [1.29, 1.82) is 0 Å². The summed E-state index contributed by atoms with van der Waals surface area (Å²) in [4.78, 5) is 23.0. The van der Waals surface area contributed by atoms with Crippen LogP contribution < -0.4 is 4.74 Å². The number of benzene rings is 2. The highest BCUT2D eigenvalue weighted by atomic mass is 19.4. The second-order valence-electron chi connectivity index (χ2n) is 5.75. The van der Waals surface area contributed by atoms with Crippen molar-refractivity contribution in [3.05, 3.63) is 52.8 Å². The highest BCUT2D eigenvalue weighted by Crippen LogP contribution is 2.40. The lowest BCUT2D eigenvalue weighted by atomic mass is 9.90. The molecule has 0 unspecified atom stereocenters. The van der Waals surface area contributed by atoms with Gasteiger partial charge in [-0.3, -0.25) is 4.79 Å². The molecule has 1 aliphatic heterocycles. The fraction of sp³-hybridized carbons (Fsp3) is 0.222. The molecule has 1 N–H and O–H groups in total. The summed E-state index contributed by atoms with van der Waals surface area (Å²) in [5.41, 5.74) is -2.74. The minimum absolute atomic E-state index is 0.0116. The number of alkyl halides is 3. The minimum Gasteiger partial charge on any atom is -0.493 e. The Labute approximate surface area is 145 Å². The smallest absolute Gasteiger partial charge is 0.417 e. The highest BCUT2D eigenvalue weighted by Gasteiger charge is 2.39. The first kappa shape index (κ1) is 17.9. The van der Waals surface area contributed by atoms with Gasteiger partial charge in [-0.2, -0.15) is 13.2 Å². The van der Waals surface area contributed by atoms with Crippen LogP contribution in [0.3, 0.4) is 0 Å². The molecule has 0 aromatic heterocycles. The molecule has 0 aliphatic carbocycles. The van der Waals surface area contributed by atoms with E-state index < -0.39 is 40.4 Å². The van der Waals surface area contributed by atoms with Crippen LogP contribution in [0.1, 0.15) is 27.9 Å². The Hall–Kier alpha value is -2.90. The molecule has 8 heteroatoms. The summed E-state index contributed by atoms with van der Waals surface area (Å²) in [6.07, 6.45) is -3.76. The van der Waals surface area contributed by atoms with Gasteiger partial charge in [-0.15, -0.1) is 0 Å². The number of hydrogen-bond acceptors (Lipinski definition) is 3. The quantitative estimate of drug-likeness (QED) is 0.503. The topological polar surface area (TPSA) is 63.6 Å². The standard InChI is InChI=1S/C18H12F4O4/c19-12-5-4-11(18(20,21)22)15(16(23)17(24)25)14(12)10-3-6-13-9(8-10)2-1-7-26-13/h3-6,8H,1-2,7H2,(H,24,25). The first-order valence-corrected chi connectivity index (χ1v) is 7.63. The molecule has 0 saturated carbocycles. The zero-order valence-corrected chi connectivity index (χ0v) is 13.2. The van der Waals surface area contributed by atoms with Gasteiger partial charge in [-0.25, -0.2) is 9.18 Å². The summed E-state index contributed by atoms with van der Waals surface area (Å²) < 4.78 is 59.7. The summed E-state index contributed by atoms with van der Waals surface area (Å²) in [6.45, 7) is 0.493. The van der Waals surface area contributed by atoms with E-state index in [1.54, 1.807) is 0 Å². The van der Waals surface area contributed by atoms with Crippen LogP contribution in [0.2, 0.25) is 0 Å². The monoisotopic (exact) mass is 368 g/mol. The maximum Gasteiger partial charge on any atom is 0.417 e. The summed E-state index contributed by atoms with van der Waals surface area (Å²) in [7, 11) is 0. The lowest BCUT2D eigenvalue weighted by Gasteiger charge is -2.20. The number of ether oxygens (including phenoxy) is 1. The number of Topliss-reactive ketones (excluding diaryl/α,β-unsaturated/α-hetero) is 1. The van der Waals surface area contributed by atoms with Crippen LogP contribution in [0.25, 0.3) is 11.1 Å². The molecular weight excluding hydrogens is 356 g/mol. The molecule has 136 valence electrons. The average molecular weight is 368 g/mol. The van der Waals surface area contributed by atoms with Crippen molar-refractivity contribution < 1.29 is 37.0 Å². The molecule has 1 heterocycles. The van der Waals surface area contributed by atoms with E-state index in [1.807, 2.05) is 0 Å². The molecule has 4 nitrogen and oxygen atoms in total. The first-order chi connectivity index (χ1) is 12.2. The van der Waals surface area contributed by atoms with Crippen LogP contribution in [0.15, 0.2) is 30.3 Å². The van der Waals surface area contributed by atoms with Crippen LogP contribution in [0, 0.1) is 5.82 Å². The number of carboxylic acids is 1. The van der Waals surface area contributed by atoms with Crippen LogP contribution in [0.5, 0.6) is 5.75 Å². The number of aliphatic carboxylic acids is 1. The van der Waals surface area contributed by atoms with E-state index in [0.717, 1.165) is 0 Å². The van der Waals surface area contributed by atoms with Gasteiger partial charge in [0.25, 0.3) is 5.78 Å². The van der Waals surface area contributed by atoms with Gasteiger partial charge in [-0.05, 0) is 48.2 Å². The molecule has 0 saturated heterocycles. The molecular formula is C18H12F4O4. The lowest BCUT2D eigenvalue weighted by Crippen LogP contribution is -2.21. The average Bonchev–Trinajstić information content (AvgIpc) is 2.59. The summed E-state index contributed by atoms with van der Waals surface area (Å²) in [5.74, 6) is -4.50. The number of carboxylic acid groups (broad SMARTS) is 1. The van der Waals surface area contributed by atoms with E-state index in [9.17, 15) is 27.2 Å². The molecule has 0 radical (unpaired) electrons. The highest BCUT2D eigenvalue weighted by molar-refractivity contribution is 6.41. The van der Waals surface area contributed by atoms with Crippen LogP contribution >= 0.6 is 0 Å². The molecule has 0 amide bonds. The molecule has 0 bridgehead atoms. The van der Waals surface area contributed by atoms with Crippen molar-refractivity contribution >= 4 is 11.8 Å². The molecule has 0 fully saturated rings. The van der Waals surface area contributed by atoms with Crippen LogP contribution in [-0.2, 0) is 17.4 Å². The number of hydrogen-bond donors (Lipinski definition) is 1. The fourth-order valence-electron chi connectivity index (χ4n) is 2.95. The Morgan fingerprint density at radius 3 is 2.50 bits per heavy atom. The van der Waals surface area contributed by atoms with E-state index >= 15 is 0 Å². The summed E-state index contributed by atoms with van der Waals surface area (Å²) >= 11 is 0. The van der Waals surface area contributed by atoms with Crippen molar-refractivity contribution in [2.24, 2.45) is 0 Å². The Bertz CT molecular complexity index is 903. The number of fused-ring (bicyclic) bond motifs is 1. The number of carbonyl (C=O) groups excluding carboxylic acids is 1. The van der Waals surface area contributed by atoms with Gasteiger partial charge in [0, 0.05) is 5.56 Å². The van der Waals surface area contributed by atoms with Crippen LogP contribution in [0.4, 0.5) is 17.6 Å². The van der Waals surface area contributed by atoms with E-state index in [0.29, 0.717) is 42.9 Å². The van der Waals surface area contributed by atoms with E-state index in [-0.39, 0.29) is 5.56 Å². The van der Waals surface area contributed by atoms with Crippen molar-refractivity contribution in [1.82, 2.24) is 0 Å². The van der Waals surface area contributed by atoms with Gasteiger partial charge < -0.3 is 9.84 Å². The van der Waals surface area contributed by atoms with Gasteiger partial charge in [-0.1, -0.05) is 6.07 Å². The lowest BCUT2D eigenvalue weighted by molar-refractivity contribution is -0.138. The largest absolute Gasteiger partial charge is 0.493 e. The molecule has 1 aliphatic rings. The first-order valence-electron chi connectivity index (χ1n) is 7.63. The summed E-state index contributed by atoms with van der Waals surface area (Å²) in [5, 5.41) is 8.92. The number of rotatable bonds is 3. The summed E-state index contributed by atoms with van der Waals surface area (Å²) in [6, 6.07) is 5.15. The Morgan fingerprint density at radius 2 is 1.85 bits per heavy atom. The zero-order chi connectivity index (χ0) is 19.1. The maximum absolute atomic E-state index is 14.4. The molecule has 0 spiro atoms. The predicted octanol–water partition coefficient (Wildman–Crippen LogP) is 4.10. The Morgan fingerprint density at radius 1 is 1.12 bits per heavy atom. The second-order valence-corrected chi connectivity index (χ2v) is 5.75. The van der Waals surface area contributed by atoms with Crippen LogP contribution in [-0.4, -0.2) is 23.5 Å². The predicted molar refractivity (Wildman–Crippen MR) is 82.6 cm³/mol. The third-order valence-electron chi connectivity index (χ3n) is 4.08. The van der Waals surface area contributed by atoms with Crippen molar-refractivity contribution in [3.63, 3.8) is 0 Å². The Balaban J connectivity index is 2.30. The Kier molecular flexibility index (Phi) is 4.43. The van der Waals surface area contributed by atoms with Gasteiger partial charge >= 0.3 is 12.1 Å². The third kappa shape index (κ3) is 3.14. The number of aryl methyl sites for hydroxylation is 1. The number of halogens is 4. The molecule has 26 heavy (non-hydrogen) atoms. The van der Waals surface area contributed by atoms with Gasteiger partial charge in [0.15, 0.2) is 0 Å². The second kappa shape index (κ2) is 6.44. The van der Waals surface area contributed by atoms with Crippen molar-refractivity contribution in [2.45, 2.75) is 19.0 Å². The van der Waals surface area contributed by atoms with Crippen molar-refractivity contribution in [3.8, 4) is 16.9 Å². The zero-order valence-electron chi connectivity index (χ0n) is 13.2. The van der Waals surface area contributed by atoms with E-state index in [4.69, 9.17) is 9.84 Å². The van der Waals surface area contributed by atoms with E-state index in [2.05, 4.69) is 0 Å². The van der Waals surface area contributed by atoms with Crippen molar-refractivity contribution in [2.75, 3.05) is 6.61 Å². The SMILES string of the molecule is O=C(O)C(=O)c1c(C(F)(F)F)ccc(F)c1-c1ccc2c(c1)CCCO2. The van der Waals surface area contributed by atoms with E-state index in [1.165, 1.54) is 18.2 Å². The maximum atomic E-state index is 14.4. The molecule has 2 aromatic rings.